The average Bonchev–Trinajstić information content (AvgIpc) is 2.33. The number of nitrogens with one attached hydrogen (secondary N) is 2. The lowest BCUT2D eigenvalue weighted by atomic mass is 10.2. The van der Waals surface area contributed by atoms with E-state index < -0.39 is 12.1 Å². The molecule has 0 heterocycles. The summed E-state index contributed by atoms with van der Waals surface area (Å²) in [6.07, 6.45) is 3.80. The second kappa shape index (κ2) is 10.8. The molecule has 0 aliphatic heterocycles. The molecule has 0 rings (SSSR count). The van der Waals surface area contributed by atoms with Gasteiger partial charge in [0.15, 0.2) is 0 Å². The molecular weight excluding hydrogens is 236 g/mol. The molecule has 0 spiro atoms. The van der Waals surface area contributed by atoms with Crippen LogP contribution in [-0.4, -0.2) is 43.4 Å². The molecule has 0 aromatic carbocycles. The number of aliphatic carboxylic acids is 1. The quantitative estimate of drug-likeness (QED) is 0.517. The van der Waals surface area contributed by atoms with Crippen LogP contribution in [0.5, 0.6) is 0 Å². The number of unbranched alkanes of at least 4 members (excludes halogenated alkanes) is 3. The Morgan fingerprint density at radius 3 is 2.50 bits per heavy atom. The molecule has 6 heteroatoms. The monoisotopic (exact) mass is 260 g/mol. The largest absolute Gasteiger partial charge is 0.481 e. The number of rotatable bonds is 10. The van der Waals surface area contributed by atoms with Crippen molar-refractivity contribution in [1.82, 2.24) is 10.6 Å². The molecule has 2 amide bonds. The van der Waals surface area contributed by atoms with Crippen LogP contribution in [0.2, 0.25) is 0 Å². The lowest BCUT2D eigenvalue weighted by Crippen LogP contribution is -2.41. The molecule has 6 nitrogen and oxygen atoms in total. The van der Waals surface area contributed by atoms with Crippen molar-refractivity contribution in [2.75, 3.05) is 20.2 Å². The topological polar surface area (TPSA) is 87.7 Å². The van der Waals surface area contributed by atoms with Gasteiger partial charge in [0.2, 0.25) is 0 Å². The van der Waals surface area contributed by atoms with Crippen LogP contribution in [0.15, 0.2) is 0 Å². The first kappa shape index (κ1) is 16.7. The molecule has 0 fully saturated rings. The number of amides is 2. The van der Waals surface area contributed by atoms with Gasteiger partial charge >= 0.3 is 12.0 Å². The second-order valence-corrected chi connectivity index (χ2v) is 4.15. The smallest absolute Gasteiger partial charge is 0.314 e. The Balaban J connectivity index is 3.58. The predicted molar refractivity (Wildman–Crippen MR) is 68.6 cm³/mol. The van der Waals surface area contributed by atoms with Gasteiger partial charge < -0.3 is 20.5 Å². The fourth-order valence-corrected chi connectivity index (χ4v) is 1.46. The van der Waals surface area contributed by atoms with Crippen molar-refractivity contribution in [2.24, 2.45) is 0 Å². The molecular formula is C12H24N2O4. The number of hydrogen-bond acceptors (Lipinski definition) is 3. The van der Waals surface area contributed by atoms with Crippen LogP contribution in [0.4, 0.5) is 4.79 Å². The fourth-order valence-electron chi connectivity index (χ4n) is 1.46. The van der Waals surface area contributed by atoms with Crippen molar-refractivity contribution in [2.45, 2.75) is 45.1 Å². The highest BCUT2D eigenvalue weighted by molar-refractivity contribution is 5.74. The van der Waals surface area contributed by atoms with Gasteiger partial charge in [-0.1, -0.05) is 26.2 Å². The molecule has 0 aromatic rings. The van der Waals surface area contributed by atoms with Gasteiger partial charge in [-0.3, -0.25) is 4.79 Å². The third kappa shape index (κ3) is 9.89. The molecule has 0 radical (unpaired) electrons. The molecule has 18 heavy (non-hydrogen) atoms. The highest BCUT2D eigenvalue weighted by atomic mass is 16.5. The molecule has 1 atom stereocenters. The van der Waals surface area contributed by atoms with Crippen molar-refractivity contribution in [3.8, 4) is 0 Å². The molecule has 0 aliphatic carbocycles. The van der Waals surface area contributed by atoms with E-state index in [1.54, 1.807) is 0 Å². The van der Waals surface area contributed by atoms with E-state index in [4.69, 9.17) is 9.84 Å². The summed E-state index contributed by atoms with van der Waals surface area (Å²) in [6, 6.07) is -0.279. The summed E-state index contributed by atoms with van der Waals surface area (Å²) in [5.41, 5.74) is 0. The molecule has 0 aromatic heterocycles. The van der Waals surface area contributed by atoms with Gasteiger partial charge in [-0.25, -0.2) is 4.79 Å². The Labute approximate surface area is 108 Å². The third-order valence-corrected chi connectivity index (χ3v) is 2.54. The standard InChI is InChI=1S/C12H24N2O4/c1-3-4-5-6-7-13-12(17)14-9-10(18-2)8-11(15)16/h10H,3-9H2,1-2H3,(H,15,16)(H2,13,14,17). The summed E-state index contributed by atoms with van der Waals surface area (Å²) in [4.78, 5) is 21.8. The molecule has 0 aliphatic rings. The van der Waals surface area contributed by atoms with Gasteiger partial charge in [-0.2, -0.15) is 0 Å². The van der Waals surface area contributed by atoms with Crippen molar-refractivity contribution in [3.05, 3.63) is 0 Å². The fraction of sp³-hybridized carbons (Fsp3) is 0.833. The van der Waals surface area contributed by atoms with Gasteiger partial charge in [0, 0.05) is 20.2 Å². The molecule has 0 saturated heterocycles. The zero-order chi connectivity index (χ0) is 13.8. The van der Waals surface area contributed by atoms with E-state index in [9.17, 15) is 9.59 Å². The number of carboxylic acids is 1. The van der Waals surface area contributed by atoms with E-state index >= 15 is 0 Å². The third-order valence-electron chi connectivity index (χ3n) is 2.54. The zero-order valence-electron chi connectivity index (χ0n) is 11.2. The van der Waals surface area contributed by atoms with Crippen LogP contribution in [0.25, 0.3) is 0 Å². The zero-order valence-corrected chi connectivity index (χ0v) is 11.2. The SMILES string of the molecule is CCCCCCNC(=O)NCC(CC(=O)O)OC. The maximum atomic E-state index is 11.4. The van der Waals surface area contributed by atoms with Gasteiger partial charge in [-0.15, -0.1) is 0 Å². The lowest BCUT2D eigenvalue weighted by molar-refractivity contribution is -0.139. The van der Waals surface area contributed by atoms with Crippen molar-refractivity contribution in [1.29, 1.82) is 0 Å². The van der Waals surface area contributed by atoms with Gasteiger partial charge in [0.1, 0.15) is 0 Å². The number of carboxylic acid groups (broad SMARTS) is 1. The van der Waals surface area contributed by atoms with E-state index in [2.05, 4.69) is 17.6 Å². The minimum Gasteiger partial charge on any atom is -0.481 e. The summed E-state index contributed by atoms with van der Waals surface area (Å²) in [5.74, 6) is -0.941. The van der Waals surface area contributed by atoms with Crippen LogP contribution in [0.3, 0.4) is 0 Å². The lowest BCUT2D eigenvalue weighted by Gasteiger charge is -2.14. The normalized spacial score (nSPS) is 11.9. The van der Waals surface area contributed by atoms with E-state index in [1.807, 2.05) is 0 Å². The summed E-state index contributed by atoms with van der Waals surface area (Å²) < 4.78 is 4.95. The van der Waals surface area contributed by atoms with Crippen LogP contribution in [0.1, 0.15) is 39.0 Å². The second-order valence-electron chi connectivity index (χ2n) is 4.15. The van der Waals surface area contributed by atoms with Crippen molar-refractivity contribution < 1.29 is 19.4 Å². The Kier molecular flexibility index (Phi) is 10.0. The summed E-state index contributed by atoms with van der Waals surface area (Å²) in [7, 11) is 1.43. The Morgan fingerprint density at radius 1 is 1.22 bits per heavy atom. The van der Waals surface area contributed by atoms with E-state index in [1.165, 1.54) is 13.5 Å². The first-order chi connectivity index (χ1) is 8.60. The summed E-state index contributed by atoms with van der Waals surface area (Å²) >= 11 is 0. The van der Waals surface area contributed by atoms with Crippen LogP contribution < -0.4 is 10.6 Å². The van der Waals surface area contributed by atoms with Crippen LogP contribution in [0, 0.1) is 0 Å². The Morgan fingerprint density at radius 2 is 1.94 bits per heavy atom. The number of hydrogen-bond donors (Lipinski definition) is 3. The first-order valence-electron chi connectivity index (χ1n) is 6.36. The number of methoxy groups -OCH3 is 1. The van der Waals surface area contributed by atoms with E-state index in [0.29, 0.717) is 6.54 Å². The number of urea groups is 1. The van der Waals surface area contributed by atoms with E-state index in [-0.39, 0.29) is 19.0 Å². The van der Waals surface area contributed by atoms with Gasteiger partial charge in [-0.05, 0) is 6.42 Å². The number of ether oxygens (including phenoxy) is 1. The molecule has 106 valence electrons. The minimum atomic E-state index is -0.941. The molecule has 0 saturated carbocycles. The van der Waals surface area contributed by atoms with Crippen LogP contribution >= 0.6 is 0 Å². The summed E-state index contributed by atoms with van der Waals surface area (Å²) in [6.45, 7) is 2.97. The molecule has 0 bridgehead atoms. The van der Waals surface area contributed by atoms with E-state index in [0.717, 1.165) is 19.3 Å². The maximum Gasteiger partial charge on any atom is 0.314 e. The predicted octanol–water partition coefficient (Wildman–Crippen LogP) is 1.36. The molecule has 3 N–H and O–H groups in total. The van der Waals surface area contributed by atoms with Crippen molar-refractivity contribution >= 4 is 12.0 Å². The average molecular weight is 260 g/mol. The van der Waals surface area contributed by atoms with Gasteiger partial charge in [0.25, 0.3) is 0 Å². The maximum absolute atomic E-state index is 11.4. The number of carbonyl (C=O) groups excluding carboxylic acids is 1. The van der Waals surface area contributed by atoms with Gasteiger partial charge in [0.05, 0.1) is 12.5 Å². The summed E-state index contributed by atoms with van der Waals surface area (Å²) in [5, 5.41) is 13.9. The molecule has 1 unspecified atom stereocenters. The van der Waals surface area contributed by atoms with Crippen LogP contribution in [-0.2, 0) is 9.53 Å². The highest BCUT2D eigenvalue weighted by Crippen LogP contribution is 1.97. The highest BCUT2D eigenvalue weighted by Gasteiger charge is 2.13. The Hall–Kier alpha value is -1.30. The Bertz CT molecular complexity index is 246. The van der Waals surface area contributed by atoms with Crippen molar-refractivity contribution in [3.63, 3.8) is 0 Å². The minimum absolute atomic E-state index is 0.118. The first-order valence-corrected chi connectivity index (χ1v) is 6.36. The number of carbonyl (C=O) groups is 2.